The zero-order valence-electron chi connectivity index (χ0n) is 9.03. The van der Waals surface area contributed by atoms with Crippen LogP contribution in [0.2, 0.25) is 0 Å². The molecule has 3 N–H and O–H groups in total. The maximum Gasteiger partial charge on any atom is 0.228 e. The molecular formula is C11H18N2OS. The van der Waals surface area contributed by atoms with E-state index < -0.39 is 0 Å². The molecule has 84 valence electrons. The van der Waals surface area contributed by atoms with Gasteiger partial charge in [0.15, 0.2) is 0 Å². The Kier molecular flexibility index (Phi) is 5.36. The summed E-state index contributed by atoms with van der Waals surface area (Å²) >= 11 is 1.62. The fraction of sp³-hybridized carbons (Fsp3) is 0.545. The Bertz CT molecular complexity index is 285. The first kappa shape index (κ1) is 12.2. The molecule has 0 aliphatic heterocycles. The quantitative estimate of drug-likeness (QED) is 0.776. The highest BCUT2D eigenvalue weighted by molar-refractivity contribution is 7.10. The normalized spacial score (nSPS) is 12.4. The average Bonchev–Trinajstić information content (AvgIpc) is 2.75. The van der Waals surface area contributed by atoms with Gasteiger partial charge in [0.25, 0.3) is 0 Å². The van der Waals surface area contributed by atoms with Gasteiger partial charge in [-0.3, -0.25) is 4.79 Å². The fourth-order valence-corrected chi connectivity index (χ4v) is 2.29. The van der Waals surface area contributed by atoms with Crippen molar-refractivity contribution in [3.63, 3.8) is 0 Å². The van der Waals surface area contributed by atoms with E-state index in [0.717, 1.165) is 24.3 Å². The molecule has 0 saturated heterocycles. The van der Waals surface area contributed by atoms with Crippen LogP contribution < -0.4 is 11.1 Å². The zero-order chi connectivity index (χ0) is 11.1. The van der Waals surface area contributed by atoms with Gasteiger partial charge in [0.05, 0.1) is 5.92 Å². The van der Waals surface area contributed by atoms with Gasteiger partial charge in [0, 0.05) is 11.4 Å². The highest BCUT2D eigenvalue weighted by Crippen LogP contribution is 2.24. The molecule has 1 atom stereocenters. The Morgan fingerprint density at radius 3 is 3.00 bits per heavy atom. The fourth-order valence-electron chi connectivity index (χ4n) is 1.43. The molecule has 3 nitrogen and oxygen atoms in total. The summed E-state index contributed by atoms with van der Waals surface area (Å²) in [5, 5.41) is 4.91. The first-order valence-electron chi connectivity index (χ1n) is 5.30. The minimum atomic E-state index is -0.0680. The second-order valence-electron chi connectivity index (χ2n) is 3.44. The van der Waals surface area contributed by atoms with Crippen molar-refractivity contribution in [1.82, 2.24) is 5.32 Å². The summed E-state index contributed by atoms with van der Waals surface area (Å²) in [5.41, 5.74) is 5.53. The van der Waals surface area contributed by atoms with Crippen LogP contribution in [0.4, 0.5) is 0 Å². The molecule has 0 aromatic carbocycles. The average molecular weight is 226 g/mol. The molecule has 15 heavy (non-hydrogen) atoms. The number of nitrogens with two attached hydrogens (primary N) is 1. The monoisotopic (exact) mass is 226 g/mol. The van der Waals surface area contributed by atoms with E-state index >= 15 is 0 Å². The van der Waals surface area contributed by atoms with E-state index in [1.54, 1.807) is 11.3 Å². The van der Waals surface area contributed by atoms with Crippen LogP contribution in [0, 0.1) is 0 Å². The van der Waals surface area contributed by atoms with Crippen LogP contribution in [0.5, 0.6) is 0 Å². The van der Waals surface area contributed by atoms with Crippen LogP contribution in [-0.4, -0.2) is 19.0 Å². The summed E-state index contributed by atoms with van der Waals surface area (Å²) in [7, 11) is 0. The molecule has 1 aromatic heterocycles. The highest BCUT2D eigenvalue weighted by atomic mass is 32.1. The van der Waals surface area contributed by atoms with Gasteiger partial charge in [-0.2, -0.15) is 0 Å². The number of hydrogen-bond donors (Lipinski definition) is 2. The first-order chi connectivity index (χ1) is 7.29. The smallest absolute Gasteiger partial charge is 0.228 e. The van der Waals surface area contributed by atoms with Crippen molar-refractivity contribution in [3.05, 3.63) is 22.4 Å². The van der Waals surface area contributed by atoms with Crippen LogP contribution >= 0.6 is 11.3 Å². The molecule has 0 bridgehead atoms. The van der Waals surface area contributed by atoms with Gasteiger partial charge in [0.1, 0.15) is 0 Å². The predicted octanol–water partition coefficient (Wildman–Crippen LogP) is 1.71. The van der Waals surface area contributed by atoms with E-state index in [2.05, 4.69) is 5.32 Å². The Labute approximate surface area is 94.7 Å². The van der Waals surface area contributed by atoms with Gasteiger partial charge in [0.2, 0.25) is 5.91 Å². The van der Waals surface area contributed by atoms with E-state index in [-0.39, 0.29) is 11.8 Å². The van der Waals surface area contributed by atoms with Crippen molar-refractivity contribution in [3.8, 4) is 0 Å². The molecule has 0 saturated carbocycles. The summed E-state index contributed by atoms with van der Waals surface area (Å²) in [5.74, 6) is 0.0336. The van der Waals surface area contributed by atoms with E-state index in [9.17, 15) is 4.79 Å². The SMILES string of the molecule is CCCNC(=O)C(CCN)c1cccs1. The molecule has 1 unspecified atom stereocenters. The maximum absolute atomic E-state index is 11.8. The minimum absolute atomic E-state index is 0.0680. The lowest BCUT2D eigenvalue weighted by Gasteiger charge is -2.13. The number of carbonyl (C=O) groups excluding carboxylic acids is 1. The van der Waals surface area contributed by atoms with Crippen LogP contribution in [0.1, 0.15) is 30.6 Å². The van der Waals surface area contributed by atoms with E-state index in [1.807, 2.05) is 24.4 Å². The van der Waals surface area contributed by atoms with Crippen LogP contribution in [0.25, 0.3) is 0 Å². The van der Waals surface area contributed by atoms with Crippen LogP contribution in [0.15, 0.2) is 17.5 Å². The Hall–Kier alpha value is -0.870. The number of amides is 1. The second kappa shape index (κ2) is 6.58. The zero-order valence-corrected chi connectivity index (χ0v) is 9.85. The molecule has 1 rings (SSSR count). The number of rotatable bonds is 6. The molecule has 0 aliphatic rings. The van der Waals surface area contributed by atoms with Gasteiger partial charge < -0.3 is 11.1 Å². The van der Waals surface area contributed by atoms with Gasteiger partial charge in [-0.1, -0.05) is 13.0 Å². The van der Waals surface area contributed by atoms with Crippen molar-refractivity contribution >= 4 is 17.2 Å². The lowest BCUT2D eigenvalue weighted by atomic mass is 10.0. The van der Waals surface area contributed by atoms with Gasteiger partial charge in [-0.25, -0.2) is 0 Å². The van der Waals surface area contributed by atoms with Gasteiger partial charge in [-0.05, 0) is 30.8 Å². The highest BCUT2D eigenvalue weighted by Gasteiger charge is 2.19. The summed E-state index contributed by atoms with van der Waals surface area (Å²) in [4.78, 5) is 12.9. The largest absolute Gasteiger partial charge is 0.356 e. The molecule has 1 heterocycles. The molecular weight excluding hydrogens is 208 g/mol. The van der Waals surface area contributed by atoms with Gasteiger partial charge >= 0.3 is 0 Å². The number of hydrogen-bond acceptors (Lipinski definition) is 3. The van der Waals surface area contributed by atoms with E-state index in [4.69, 9.17) is 5.73 Å². The van der Waals surface area contributed by atoms with E-state index in [0.29, 0.717) is 6.54 Å². The van der Waals surface area contributed by atoms with Crippen molar-refractivity contribution < 1.29 is 4.79 Å². The lowest BCUT2D eigenvalue weighted by Crippen LogP contribution is -2.30. The Balaban J connectivity index is 2.61. The molecule has 1 amide bonds. The molecule has 0 radical (unpaired) electrons. The van der Waals surface area contributed by atoms with Crippen molar-refractivity contribution in [2.45, 2.75) is 25.7 Å². The third-order valence-corrected chi connectivity index (χ3v) is 3.19. The number of thiophene rings is 1. The van der Waals surface area contributed by atoms with Crippen molar-refractivity contribution in [1.29, 1.82) is 0 Å². The Morgan fingerprint density at radius 2 is 2.47 bits per heavy atom. The van der Waals surface area contributed by atoms with Crippen LogP contribution in [0.3, 0.4) is 0 Å². The summed E-state index contributed by atoms with van der Waals surface area (Å²) in [6.45, 7) is 3.33. The minimum Gasteiger partial charge on any atom is -0.356 e. The maximum atomic E-state index is 11.8. The summed E-state index contributed by atoms with van der Waals surface area (Å²) < 4.78 is 0. The Morgan fingerprint density at radius 1 is 1.67 bits per heavy atom. The van der Waals surface area contributed by atoms with Crippen molar-refractivity contribution in [2.75, 3.05) is 13.1 Å². The molecule has 0 fully saturated rings. The molecule has 4 heteroatoms. The second-order valence-corrected chi connectivity index (χ2v) is 4.42. The predicted molar refractivity (Wildman–Crippen MR) is 64.0 cm³/mol. The first-order valence-corrected chi connectivity index (χ1v) is 6.18. The topological polar surface area (TPSA) is 55.1 Å². The molecule has 1 aromatic rings. The summed E-state index contributed by atoms with van der Waals surface area (Å²) in [6, 6.07) is 3.97. The third kappa shape index (κ3) is 3.64. The third-order valence-electron chi connectivity index (χ3n) is 2.21. The number of carbonyl (C=O) groups is 1. The number of nitrogens with one attached hydrogen (secondary N) is 1. The van der Waals surface area contributed by atoms with Crippen LogP contribution in [-0.2, 0) is 4.79 Å². The molecule has 0 spiro atoms. The van der Waals surface area contributed by atoms with Crippen molar-refractivity contribution in [2.24, 2.45) is 5.73 Å². The standard InChI is InChI=1S/C11H18N2OS/c1-2-7-13-11(14)9(5-6-12)10-4-3-8-15-10/h3-4,8-9H,2,5-7,12H2,1H3,(H,13,14). The van der Waals surface area contributed by atoms with E-state index in [1.165, 1.54) is 0 Å². The lowest BCUT2D eigenvalue weighted by molar-refractivity contribution is -0.122. The summed E-state index contributed by atoms with van der Waals surface area (Å²) in [6.07, 6.45) is 1.68. The molecule has 0 aliphatic carbocycles. The van der Waals surface area contributed by atoms with Gasteiger partial charge in [-0.15, -0.1) is 11.3 Å².